The van der Waals surface area contributed by atoms with Gasteiger partial charge in [0.15, 0.2) is 0 Å². The molecule has 0 heterocycles. The van der Waals surface area contributed by atoms with Crippen molar-refractivity contribution in [1.82, 2.24) is 5.32 Å². The first-order valence-corrected chi connectivity index (χ1v) is 10.4. The van der Waals surface area contributed by atoms with Gasteiger partial charge in [-0.1, -0.05) is 20.8 Å². The van der Waals surface area contributed by atoms with E-state index in [4.69, 9.17) is 18.0 Å². The summed E-state index contributed by atoms with van der Waals surface area (Å²) in [7, 11) is -2.66. The monoisotopic (exact) mass is 335 g/mol. The maximum Gasteiger partial charge on any atom is 0.501 e. The third-order valence-corrected chi connectivity index (χ3v) is 5.66. The van der Waals surface area contributed by atoms with Crippen LogP contribution in [0.3, 0.4) is 0 Å². The van der Waals surface area contributed by atoms with Crippen LogP contribution >= 0.6 is 0 Å². The van der Waals surface area contributed by atoms with Crippen molar-refractivity contribution in [3.8, 4) is 0 Å². The molecule has 0 fully saturated rings. The van der Waals surface area contributed by atoms with Gasteiger partial charge < -0.3 is 23.3 Å². The highest BCUT2D eigenvalue weighted by Gasteiger charge is 2.40. The van der Waals surface area contributed by atoms with Gasteiger partial charge in [0, 0.05) is 32.4 Å². The summed E-state index contributed by atoms with van der Waals surface area (Å²) < 4.78 is 23.0. The summed E-state index contributed by atoms with van der Waals surface area (Å²) in [6.45, 7) is 10.9. The van der Waals surface area contributed by atoms with E-state index in [0.717, 1.165) is 19.3 Å². The lowest BCUT2D eigenvalue weighted by atomic mass is 10.5. The molecule has 132 valence electrons. The van der Waals surface area contributed by atoms with E-state index < -0.39 is 8.80 Å². The standard InChI is InChI=1S/C15H33NO5Si/c1-5-10-19-22(20-11-6-2,21-12-7-3)14-9-13-18-15(17)16-8-4/h5-14H2,1-4H3,(H,16,17). The third-order valence-electron chi connectivity index (χ3n) is 2.76. The van der Waals surface area contributed by atoms with E-state index in [9.17, 15) is 4.79 Å². The average Bonchev–Trinajstić information content (AvgIpc) is 2.52. The summed E-state index contributed by atoms with van der Waals surface area (Å²) in [6, 6.07) is 0.673. The van der Waals surface area contributed by atoms with Crippen molar-refractivity contribution in [2.24, 2.45) is 0 Å². The first kappa shape index (κ1) is 21.4. The fourth-order valence-electron chi connectivity index (χ4n) is 1.76. The minimum atomic E-state index is -2.66. The maximum absolute atomic E-state index is 11.3. The van der Waals surface area contributed by atoms with Crippen molar-refractivity contribution < 1.29 is 22.8 Å². The van der Waals surface area contributed by atoms with Crippen LogP contribution < -0.4 is 5.32 Å². The molecule has 0 spiro atoms. The van der Waals surface area contributed by atoms with Crippen LogP contribution in [0.25, 0.3) is 0 Å². The Morgan fingerprint density at radius 2 is 1.36 bits per heavy atom. The smallest absolute Gasteiger partial charge is 0.450 e. The van der Waals surface area contributed by atoms with Gasteiger partial charge in [-0.2, -0.15) is 0 Å². The van der Waals surface area contributed by atoms with Crippen molar-refractivity contribution in [2.45, 2.75) is 59.4 Å². The number of rotatable bonds is 14. The van der Waals surface area contributed by atoms with Gasteiger partial charge in [-0.05, 0) is 32.6 Å². The molecule has 1 N–H and O–H groups in total. The largest absolute Gasteiger partial charge is 0.501 e. The number of carbonyl (C=O) groups excluding carboxylic acids is 1. The molecular formula is C15H33NO5Si. The Morgan fingerprint density at radius 1 is 0.864 bits per heavy atom. The van der Waals surface area contributed by atoms with Crippen molar-refractivity contribution in [2.75, 3.05) is 33.0 Å². The van der Waals surface area contributed by atoms with Crippen LogP contribution in [0.2, 0.25) is 6.04 Å². The molecule has 0 bridgehead atoms. The predicted octanol–water partition coefficient (Wildman–Crippen LogP) is 3.34. The molecule has 0 aliphatic rings. The lowest BCUT2D eigenvalue weighted by Gasteiger charge is -2.29. The van der Waals surface area contributed by atoms with Gasteiger partial charge in [-0.15, -0.1) is 0 Å². The lowest BCUT2D eigenvalue weighted by Crippen LogP contribution is -2.46. The lowest BCUT2D eigenvalue weighted by molar-refractivity contribution is 0.0567. The summed E-state index contributed by atoms with van der Waals surface area (Å²) >= 11 is 0. The van der Waals surface area contributed by atoms with Gasteiger partial charge in [0.1, 0.15) is 0 Å². The molecule has 1 amide bonds. The molecule has 0 saturated carbocycles. The van der Waals surface area contributed by atoms with Crippen LogP contribution in [0.15, 0.2) is 0 Å². The molecule has 0 aromatic heterocycles. The maximum atomic E-state index is 11.3. The van der Waals surface area contributed by atoms with Crippen LogP contribution in [0.1, 0.15) is 53.4 Å². The third kappa shape index (κ3) is 10.2. The molecule has 0 aliphatic carbocycles. The zero-order chi connectivity index (χ0) is 16.7. The van der Waals surface area contributed by atoms with E-state index in [-0.39, 0.29) is 6.09 Å². The highest BCUT2D eigenvalue weighted by atomic mass is 28.4. The Bertz CT molecular complexity index is 257. The molecule has 0 radical (unpaired) electrons. The van der Waals surface area contributed by atoms with Crippen molar-refractivity contribution >= 4 is 14.9 Å². The van der Waals surface area contributed by atoms with Crippen molar-refractivity contribution in [3.63, 3.8) is 0 Å². The Kier molecular flexibility index (Phi) is 13.6. The molecule has 0 saturated heterocycles. The molecular weight excluding hydrogens is 302 g/mol. The van der Waals surface area contributed by atoms with Crippen LogP contribution in [0.4, 0.5) is 4.79 Å². The zero-order valence-electron chi connectivity index (χ0n) is 14.6. The first-order valence-electron chi connectivity index (χ1n) is 8.46. The van der Waals surface area contributed by atoms with Gasteiger partial charge in [-0.25, -0.2) is 4.79 Å². The minimum Gasteiger partial charge on any atom is -0.450 e. The molecule has 0 aliphatic heterocycles. The number of ether oxygens (including phenoxy) is 1. The van der Waals surface area contributed by atoms with E-state index in [1.54, 1.807) is 0 Å². The van der Waals surface area contributed by atoms with Crippen LogP contribution in [0, 0.1) is 0 Å². The van der Waals surface area contributed by atoms with Crippen LogP contribution in [-0.2, 0) is 18.0 Å². The summed E-state index contributed by atoms with van der Waals surface area (Å²) in [5.74, 6) is 0. The fraction of sp³-hybridized carbons (Fsp3) is 0.933. The van der Waals surface area contributed by atoms with Gasteiger partial charge in [0.25, 0.3) is 0 Å². The van der Waals surface area contributed by atoms with Crippen LogP contribution in [0.5, 0.6) is 0 Å². The number of carbonyl (C=O) groups is 1. The van der Waals surface area contributed by atoms with E-state index in [1.165, 1.54) is 0 Å². The topological polar surface area (TPSA) is 66.0 Å². The second-order valence-corrected chi connectivity index (χ2v) is 7.73. The number of hydrogen-bond acceptors (Lipinski definition) is 5. The van der Waals surface area contributed by atoms with Gasteiger partial charge in [0.2, 0.25) is 0 Å². The molecule has 0 aromatic rings. The molecule has 6 nitrogen and oxygen atoms in total. The molecule has 0 rings (SSSR count). The summed E-state index contributed by atoms with van der Waals surface area (Å²) in [4.78, 5) is 11.3. The second-order valence-electron chi connectivity index (χ2n) is 5.00. The normalized spacial score (nSPS) is 11.5. The van der Waals surface area contributed by atoms with Gasteiger partial charge >= 0.3 is 14.9 Å². The summed E-state index contributed by atoms with van der Waals surface area (Å²) in [5, 5.41) is 2.60. The Labute approximate surface area is 136 Å². The number of nitrogens with one attached hydrogen (secondary N) is 1. The number of alkyl carbamates (subject to hydrolysis) is 1. The molecule has 0 atom stereocenters. The van der Waals surface area contributed by atoms with Crippen LogP contribution in [-0.4, -0.2) is 47.9 Å². The van der Waals surface area contributed by atoms with E-state index in [1.807, 2.05) is 6.92 Å². The Morgan fingerprint density at radius 3 is 1.77 bits per heavy atom. The van der Waals surface area contributed by atoms with Gasteiger partial charge in [-0.3, -0.25) is 0 Å². The van der Waals surface area contributed by atoms with E-state index in [2.05, 4.69) is 26.1 Å². The second kappa shape index (κ2) is 14.0. The van der Waals surface area contributed by atoms with Crippen molar-refractivity contribution in [3.05, 3.63) is 0 Å². The summed E-state index contributed by atoms with van der Waals surface area (Å²) in [6.07, 6.45) is 3.08. The number of hydrogen-bond donors (Lipinski definition) is 1. The Balaban J connectivity index is 4.41. The quantitative estimate of drug-likeness (QED) is 0.389. The average molecular weight is 336 g/mol. The van der Waals surface area contributed by atoms with Gasteiger partial charge in [0.05, 0.1) is 6.61 Å². The minimum absolute atomic E-state index is 0.348. The zero-order valence-corrected chi connectivity index (χ0v) is 15.6. The SMILES string of the molecule is CCCO[Si](CCCOC(=O)NCC)(OCCC)OCCC. The highest BCUT2D eigenvalue weighted by Crippen LogP contribution is 2.19. The van der Waals surface area contributed by atoms with E-state index >= 15 is 0 Å². The fourth-order valence-corrected chi connectivity index (χ4v) is 4.57. The van der Waals surface area contributed by atoms with Crippen molar-refractivity contribution in [1.29, 1.82) is 0 Å². The first-order chi connectivity index (χ1) is 10.6. The molecule has 7 heteroatoms. The molecule has 0 aromatic carbocycles. The molecule has 0 unspecified atom stereocenters. The van der Waals surface area contributed by atoms with E-state index in [0.29, 0.717) is 45.4 Å². The Hall–Kier alpha value is -0.633. The summed E-state index contributed by atoms with van der Waals surface area (Å²) in [5.41, 5.74) is 0. The number of amides is 1. The molecule has 22 heavy (non-hydrogen) atoms. The predicted molar refractivity (Wildman–Crippen MR) is 88.9 cm³/mol. The highest BCUT2D eigenvalue weighted by molar-refractivity contribution is 6.60.